The summed E-state index contributed by atoms with van der Waals surface area (Å²) < 4.78 is 4.94. The third-order valence-electron chi connectivity index (χ3n) is 1.64. The molecule has 0 aliphatic heterocycles. The summed E-state index contributed by atoms with van der Waals surface area (Å²) in [5, 5.41) is 12.2. The number of rotatable bonds is 3. The highest BCUT2D eigenvalue weighted by molar-refractivity contribution is 7.80. The Morgan fingerprint density at radius 1 is 1.67 bits per heavy atom. The maximum Gasteiger partial charge on any atom is 0.221 e. The second kappa shape index (κ2) is 5.16. The Hall–Kier alpha value is -1.82. The van der Waals surface area contributed by atoms with Gasteiger partial charge < -0.3 is 15.6 Å². The molecule has 0 heterocycles. The van der Waals surface area contributed by atoms with Gasteiger partial charge in [-0.05, 0) is 30.4 Å². The molecule has 15 heavy (non-hydrogen) atoms. The van der Waals surface area contributed by atoms with E-state index in [0.29, 0.717) is 5.75 Å². The molecule has 0 bridgehead atoms. The standard InChI is InChI=1S/C9H11N3O2S/c1-14-8-4-6(2-3-7(8)13)5-11-12-9(10)15/h2-5,13H,1H3,(H3,10,12,15)/p+1/b11-5+. The van der Waals surface area contributed by atoms with Gasteiger partial charge in [0.15, 0.2) is 17.7 Å². The van der Waals surface area contributed by atoms with E-state index in [2.05, 4.69) is 22.7 Å². The van der Waals surface area contributed by atoms with Crippen LogP contribution in [0.5, 0.6) is 11.5 Å². The maximum atomic E-state index is 9.33. The zero-order valence-electron chi connectivity index (χ0n) is 8.15. The number of hydrazone groups is 1. The Labute approximate surface area is 92.5 Å². The van der Waals surface area contributed by atoms with E-state index in [1.54, 1.807) is 18.3 Å². The normalized spacial score (nSPS) is 10.2. The minimum absolute atomic E-state index is 0.0944. The lowest BCUT2D eigenvalue weighted by Crippen LogP contribution is -2.82. The van der Waals surface area contributed by atoms with Crippen LogP contribution in [0.4, 0.5) is 0 Å². The molecule has 0 unspecified atom stereocenters. The molecular weight excluding hydrogens is 214 g/mol. The van der Waals surface area contributed by atoms with Crippen molar-refractivity contribution >= 4 is 23.5 Å². The molecule has 5 N–H and O–H groups in total. The Morgan fingerprint density at radius 3 is 3.00 bits per heavy atom. The number of phenols is 1. The first-order valence-electron chi connectivity index (χ1n) is 4.14. The summed E-state index contributed by atoms with van der Waals surface area (Å²) >= 11 is 4.60. The molecule has 5 nitrogen and oxygen atoms in total. The molecule has 0 aromatic heterocycles. The fourth-order valence-electron chi connectivity index (χ4n) is 0.975. The lowest BCUT2D eigenvalue weighted by atomic mass is 10.2. The molecule has 0 saturated heterocycles. The molecular formula is C9H12N3O2S+. The predicted molar refractivity (Wildman–Crippen MR) is 60.7 cm³/mol. The zero-order chi connectivity index (χ0) is 11.3. The van der Waals surface area contributed by atoms with Crippen LogP contribution in [0.2, 0.25) is 0 Å². The van der Waals surface area contributed by atoms with Crippen molar-refractivity contribution in [1.82, 2.24) is 5.43 Å². The number of hydrazine groups is 1. The van der Waals surface area contributed by atoms with Gasteiger partial charge in [-0.1, -0.05) is 0 Å². The van der Waals surface area contributed by atoms with Gasteiger partial charge in [-0.25, -0.2) is 0 Å². The summed E-state index contributed by atoms with van der Waals surface area (Å²) in [4.78, 5) is 0. The molecule has 0 fully saturated rings. The van der Waals surface area contributed by atoms with Crippen LogP contribution in [0, 0.1) is 0 Å². The van der Waals surface area contributed by atoms with Crippen molar-refractivity contribution in [3.63, 3.8) is 0 Å². The quantitative estimate of drug-likeness (QED) is 0.291. The summed E-state index contributed by atoms with van der Waals surface area (Å²) in [7, 11) is 1.49. The van der Waals surface area contributed by atoms with Crippen LogP contribution >= 0.6 is 12.2 Å². The summed E-state index contributed by atoms with van der Waals surface area (Å²) in [6.45, 7) is 0. The van der Waals surface area contributed by atoms with Gasteiger partial charge in [0.25, 0.3) is 0 Å². The third-order valence-corrected chi connectivity index (χ3v) is 1.74. The van der Waals surface area contributed by atoms with Gasteiger partial charge in [-0.15, -0.1) is 10.5 Å². The average molecular weight is 226 g/mol. The molecule has 6 heteroatoms. The van der Waals surface area contributed by atoms with Crippen molar-refractivity contribution in [2.75, 3.05) is 7.11 Å². The molecule has 0 amide bonds. The van der Waals surface area contributed by atoms with Crippen LogP contribution in [0.3, 0.4) is 0 Å². The van der Waals surface area contributed by atoms with Crippen molar-refractivity contribution in [3.05, 3.63) is 23.8 Å². The van der Waals surface area contributed by atoms with Crippen LogP contribution in [0.1, 0.15) is 5.56 Å². The number of methoxy groups -OCH3 is 1. The van der Waals surface area contributed by atoms with Gasteiger partial charge in [0.2, 0.25) is 5.11 Å². The SMILES string of the molecule is COc1cc(/C=[NH+]/NC(N)=S)ccc1O. The van der Waals surface area contributed by atoms with E-state index < -0.39 is 0 Å². The monoisotopic (exact) mass is 226 g/mol. The van der Waals surface area contributed by atoms with Crippen LogP contribution < -0.4 is 21.0 Å². The minimum atomic E-state index is 0.0944. The van der Waals surface area contributed by atoms with Gasteiger partial charge in [0, 0.05) is 5.56 Å². The summed E-state index contributed by atoms with van der Waals surface area (Å²) in [6.07, 6.45) is 1.64. The van der Waals surface area contributed by atoms with Gasteiger partial charge in [0.1, 0.15) is 0 Å². The largest absolute Gasteiger partial charge is 0.504 e. The molecule has 1 rings (SSSR count). The molecule has 0 aliphatic carbocycles. The Bertz CT molecular complexity index is 393. The van der Waals surface area contributed by atoms with E-state index in [4.69, 9.17) is 10.5 Å². The van der Waals surface area contributed by atoms with Crippen molar-refractivity contribution in [2.24, 2.45) is 5.73 Å². The topological polar surface area (TPSA) is 81.5 Å². The molecule has 1 aromatic rings. The van der Waals surface area contributed by atoms with Gasteiger partial charge in [-0.3, -0.25) is 0 Å². The average Bonchev–Trinajstić information content (AvgIpc) is 2.20. The third kappa shape index (κ3) is 3.43. The van der Waals surface area contributed by atoms with E-state index in [9.17, 15) is 5.11 Å². The Balaban J connectivity index is 2.78. The van der Waals surface area contributed by atoms with Crippen molar-refractivity contribution in [3.8, 4) is 11.5 Å². The highest BCUT2D eigenvalue weighted by Gasteiger charge is 2.02. The number of aromatic hydroxyl groups is 1. The molecule has 1 aromatic carbocycles. The van der Waals surface area contributed by atoms with Crippen LogP contribution in [0.15, 0.2) is 18.2 Å². The highest BCUT2D eigenvalue weighted by Crippen LogP contribution is 2.25. The molecule has 0 radical (unpaired) electrons. The van der Waals surface area contributed by atoms with Crippen LogP contribution in [0.25, 0.3) is 0 Å². The summed E-state index contributed by atoms with van der Waals surface area (Å²) in [5.41, 5.74) is 8.57. The summed E-state index contributed by atoms with van der Waals surface area (Å²) in [6, 6.07) is 4.92. The van der Waals surface area contributed by atoms with E-state index in [1.165, 1.54) is 13.2 Å². The lowest BCUT2D eigenvalue weighted by molar-refractivity contribution is -0.499. The van der Waals surface area contributed by atoms with Crippen molar-refractivity contribution in [2.45, 2.75) is 0 Å². The Kier molecular flexibility index (Phi) is 3.87. The number of thiocarbonyl (C=S) groups is 1. The fraction of sp³-hybridized carbons (Fsp3) is 0.111. The van der Waals surface area contributed by atoms with Crippen LogP contribution in [-0.2, 0) is 0 Å². The molecule has 80 valence electrons. The maximum absolute atomic E-state index is 9.33. The first-order chi connectivity index (χ1) is 7.13. The van der Waals surface area contributed by atoms with Gasteiger partial charge in [-0.2, -0.15) is 0 Å². The van der Waals surface area contributed by atoms with E-state index in [1.807, 2.05) is 0 Å². The second-order valence-electron chi connectivity index (χ2n) is 2.71. The lowest BCUT2D eigenvalue weighted by Gasteiger charge is -2.01. The van der Waals surface area contributed by atoms with Crippen molar-refractivity contribution < 1.29 is 14.9 Å². The van der Waals surface area contributed by atoms with E-state index >= 15 is 0 Å². The number of benzene rings is 1. The number of ether oxygens (including phenoxy) is 1. The number of nitrogens with two attached hydrogens (primary N) is 1. The molecule has 0 saturated carbocycles. The number of phenolic OH excluding ortho intramolecular Hbond substituents is 1. The summed E-state index contributed by atoms with van der Waals surface area (Å²) in [5.74, 6) is 0.498. The van der Waals surface area contributed by atoms with E-state index in [0.717, 1.165) is 5.56 Å². The first kappa shape index (κ1) is 11.3. The fourth-order valence-corrected chi connectivity index (χ4v) is 1.03. The zero-order valence-corrected chi connectivity index (χ0v) is 8.97. The molecule has 0 spiro atoms. The first-order valence-corrected chi connectivity index (χ1v) is 4.55. The highest BCUT2D eigenvalue weighted by atomic mass is 32.1. The smallest absolute Gasteiger partial charge is 0.221 e. The van der Waals surface area contributed by atoms with Crippen molar-refractivity contribution in [1.29, 1.82) is 0 Å². The minimum Gasteiger partial charge on any atom is -0.504 e. The number of hydrogen-bond acceptors (Lipinski definition) is 3. The predicted octanol–water partition coefficient (Wildman–Crippen LogP) is -1.35. The van der Waals surface area contributed by atoms with E-state index in [-0.39, 0.29) is 10.9 Å². The number of hydrogen-bond donors (Lipinski definition) is 4. The second-order valence-corrected chi connectivity index (χ2v) is 3.15. The van der Waals surface area contributed by atoms with Gasteiger partial charge in [0.05, 0.1) is 7.11 Å². The molecule has 0 aliphatic rings. The Morgan fingerprint density at radius 2 is 2.40 bits per heavy atom. The van der Waals surface area contributed by atoms with Gasteiger partial charge >= 0.3 is 0 Å². The number of nitrogens with one attached hydrogen (secondary N) is 2. The van der Waals surface area contributed by atoms with Crippen LogP contribution in [-0.4, -0.2) is 23.5 Å². The molecule has 0 atom stereocenters.